The number of rotatable bonds is 4. The van der Waals surface area contributed by atoms with Gasteiger partial charge in [0, 0.05) is 37.1 Å². The first-order chi connectivity index (χ1) is 9.81. The first-order valence-electron chi connectivity index (χ1n) is 6.11. The van der Waals surface area contributed by atoms with Crippen LogP contribution in [0.2, 0.25) is 0 Å². The Kier molecular flexibility index (Phi) is 4.87. The van der Waals surface area contributed by atoms with E-state index in [0.29, 0.717) is 24.1 Å². The molecule has 6 nitrogen and oxygen atoms in total. The van der Waals surface area contributed by atoms with E-state index in [-0.39, 0.29) is 12.5 Å². The van der Waals surface area contributed by atoms with Crippen LogP contribution in [0.4, 0.5) is 0 Å². The third-order valence-electron chi connectivity index (χ3n) is 2.53. The molecule has 0 aliphatic heterocycles. The molecule has 2 rings (SSSR count). The van der Waals surface area contributed by atoms with E-state index in [0.717, 1.165) is 5.56 Å². The number of pyridine rings is 1. The van der Waals surface area contributed by atoms with Gasteiger partial charge < -0.3 is 10.4 Å². The minimum atomic E-state index is -0.220. The van der Waals surface area contributed by atoms with Crippen molar-refractivity contribution in [1.29, 1.82) is 0 Å². The van der Waals surface area contributed by atoms with Crippen molar-refractivity contribution in [3.05, 3.63) is 47.5 Å². The smallest absolute Gasteiger partial charge is 0.252 e. The van der Waals surface area contributed by atoms with E-state index in [1.807, 2.05) is 0 Å². The van der Waals surface area contributed by atoms with Crippen molar-refractivity contribution in [3.8, 4) is 11.8 Å². The number of aromatic nitrogens is 3. The summed E-state index contributed by atoms with van der Waals surface area (Å²) in [5.74, 6) is 5.40. The van der Waals surface area contributed by atoms with Gasteiger partial charge in [-0.3, -0.25) is 14.9 Å². The normalized spacial score (nSPS) is 9.65. The van der Waals surface area contributed by atoms with Crippen molar-refractivity contribution in [2.24, 2.45) is 0 Å². The number of aromatic amines is 1. The molecule has 6 heteroatoms. The average Bonchev–Trinajstić information content (AvgIpc) is 2.99. The van der Waals surface area contributed by atoms with Gasteiger partial charge in [0.05, 0.1) is 23.9 Å². The Bertz CT molecular complexity index is 626. The fourth-order valence-corrected chi connectivity index (χ4v) is 1.56. The third-order valence-corrected chi connectivity index (χ3v) is 2.53. The summed E-state index contributed by atoms with van der Waals surface area (Å²) in [6.45, 7) is 0.385. The van der Waals surface area contributed by atoms with Gasteiger partial charge in [-0.1, -0.05) is 11.8 Å². The maximum atomic E-state index is 12.1. The molecule has 0 atom stereocenters. The summed E-state index contributed by atoms with van der Waals surface area (Å²) >= 11 is 0. The van der Waals surface area contributed by atoms with Crippen LogP contribution in [0.25, 0.3) is 0 Å². The lowest BCUT2D eigenvalue weighted by Crippen LogP contribution is -2.23. The number of hydrogen-bond donors (Lipinski definition) is 3. The molecule has 3 N–H and O–H groups in total. The molecule has 2 heterocycles. The van der Waals surface area contributed by atoms with Crippen molar-refractivity contribution in [1.82, 2.24) is 20.5 Å². The molecule has 102 valence electrons. The molecule has 20 heavy (non-hydrogen) atoms. The molecular formula is C14H14N4O2. The maximum absolute atomic E-state index is 12.1. The second-order valence-electron chi connectivity index (χ2n) is 3.99. The molecule has 0 aliphatic carbocycles. The Morgan fingerprint density at radius 1 is 1.45 bits per heavy atom. The van der Waals surface area contributed by atoms with Crippen LogP contribution in [0.1, 0.15) is 27.9 Å². The van der Waals surface area contributed by atoms with E-state index in [2.05, 4.69) is 32.3 Å². The lowest BCUT2D eigenvalue weighted by Gasteiger charge is -2.05. The second-order valence-corrected chi connectivity index (χ2v) is 3.99. The van der Waals surface area contributed by atoms with Gasteiger partial charge in [-0.05, 0) is 6.07 Å². The van der Waals surface area contributed by atoms with Gasteiger partial charge in [0.25, 0.3) is 5.91 Å². The van der Waals surface area contributed by atoms with Crippen LogP contribution in [0, 0.1) is 11.8 Å². The number of nitrogens with zero attached hydrogens (tertiary/aromatic N) is 2. The number of H-pyrrole nitrogens is 1. The summed E-state index contributed by atoms with van der Waals surface area (Å²) in [4.78, 5) is 16.1. The summed E-state index contributed by atoms with van der Waals surface area (Å²) in [6.07, 6.45) is 6.82. The Balaban J connectivity index is 2.07. The average molecular weight is 270 g/mol. The minimum Gasteiger partial charge on any atom is -0.395 e. The van der Waals surface area contributed by atoms with Crippen molar-refractivity contribution in [2.45, 2.75) is 13.0 Å². The van der Waals surface area contributed by atoms with Gasteiger partial charge in [0.15, 0.2) is 0 Å². The first kappa shape index (κ1) is 13.8. The predicted octanol–water partition coefficient (Wildman–Crippen LogP) is 0.469. The van der Waals surface area contributed by atoms with E-state index in [4.69, 9.17) is 5.11 Å². The molecule has 0 unspecified atom stereocenters. The SMILES string of the molecule is O=C(NCc1cn[nH]c1)c1ccncc1C#CCCO. The zero-order chi connectivity index (χ0) is 14.2. The number of aliphatic hydroxyl groups excluding tert-OH is 1. The molecule has 1 amide bonds. The number of hydrogen-bond acceptors (Lipinski definition) is 4. The molecule has 2 aromatic heterocycles. The monoisotopic (exact) mass is 270 g/mol. The highest BCUT2D eigenvalue weighted by atomic mass is 16.2. The molecule has 0 spiro atoms. The highest BCUT2D eigenvalue weighted by Gasteiger charge is 2.09. The number of amides is 1. The molecule has 0 aromatic carbocycles. The maximum Gasteiger partial charge on any atom is 0.252 e. The number of carbonyl (C=O) groups excluding carboxylic acids is 1. The molecular weight excluding hydrogens is 256 g/mol. The summed E-state index contributed by atoms with van der Waals surface area (Å²) in [6, 6.07) is 1.62. The quantitative estimate of drug-likeness (QED) is 0.704. The number of aliphatic hydroxyl groups is 1. The van der Waals surface area contributed by atoms with Crippen molar-refractivity contribution < 1.29 is 9.90 Å². The van der Waals surface area contributed by atoms with Crippen molar-refractivity contribution in [3.63, 3.8) is 0 Å². The van der Waals surface area contributed by atoms with Crippen molar-refractivity contribution >= 4 is 5.91 Å². The van der Waals surface area contributed by atoms with Crippen LogP contribution in [0.15, 0.2) is 30.9 Å². The molecule has 0 fully saturated rings. The molecule has 0 aliphatic rings. The summed E-state index contributed by atoms with van der Waals surface area (Å²) in [7, 11) is 0. The largest absolute Gasteiger partial charge is 0.395 e. The highest BCUT2D eigenvalue weighted by molar-refractivity contribution is 5.96. The Labute approximate surface area is 116 Å². The summed E-state index contributed by atoms with van der Waals surface area (Å²) in [5.41, 5.74) is 1.90. The van der Waals surface area contributed by atoms with Crippen LogP contribution in [0.3, 0.4) is 0 Å². The topological polar surface area (TPSA) is 90.9 Å². The van der Waals surface area contributed by atoms with E-state index < -0.39 is 0 Å². The van der Waals surface area contributed by atoms with E-state index in [9.17, 15) is 4.79 Å². The fraction of sp³-hybridized carbons (Fsp3) is 0.214. The lowest BCUT2D eigenvalue weighted by atomic mass is 10.1. The van der Waals surface area contributed by atoms with Gasteiger partial charge in [-0.15, -0.1) is 0 Å². The summed E-state index contributed by atoms with van der Waals surface area (Å²) in [5, 5.41) is 18.0. The van der Waals surface area contributed by atoms with E-state index in [1.54, 1.807) is 24.7 Å². The zero-order valence-electron chi connectivity index (χ0n) is 10.8. The molecule has 0 bridgehead atoms. The van der Waals surface area contributed by atoms with Gasteiger partial charge in [-0.25, -0.2) is 0 Å². The van der Waals surface area contributed by atoms with E-state index >= 15 is 0 Å². The molecule has 0 saturated carbocycles. The van der Waals surface area contributed by atoms with Gasteiger partial charge >= 0.3 is 0 Å². The fourth-order valence-electron chi connectivity index (χ4n) is 1.56. The summed E-state index contributed by atoms with van der Waals surface area (Å²) < 4.78 is 0. The first-order valence-corrected chi connectivity index (χ1v) is 6.11. The Morgan fingerprint density at radius 3 is 3.10 bits per heavy atom. The van der Waals surface area contributed by atoms with Crippen LogP contribution in [-0.4, -0.2) is 32.8 Å². The van der Waals surface area contributed by atoms with Crippen molar-refractivity contribution in [2.75, 3.05) is 6.61 Å². The predicted molar refractivity (Wildman–Crippen MR) is 72.6 cm³/mol. The molecule has 0 radical (unpaired) electrons. The zero-order valence-corrected chi connectivity index (χ0v) is 10.8. The Hall–Kier alpha value is -2.65. The molecule has 0 saturated heterocycles. The lowest BCUT2D eigenvalue weighted by molar-refractivity contribution is 0.0950. The highest BCUT2D eigenvalue weighted by Crippen LogP contribution is 2.06. The third kappa shape index (κ3) is 3.67. The van der Waals surface area contributed by atoms with Gasteiger partial charge in [-0.2, -0.15) is 5.10 Å². The van der Waals surface area contributed by atoms with Crippen LogP contribution >= 0.6 is 0 Å². The van der Waals surface area contributed by atoms with Gasteiger partial charge in [0.1, 0.15) is 0 Å². The minimum absolute atomic E-state index is 0.00468. The second kappa shape index (κ2) is 7.07. The van der Waals surface area contributed by atoms with E-state index in [1.165, 1.54) is 6.20 Å². The number of nitrogens with one attached hydrogen (secondary N) is 2. The van der Waals surface area contributed by atoms with Gasteiger partial charge in [0.2, 0.25) is 0 Å². The Morgan fingerprint density at radius 2 is 2.35 bits per heavy atom. The molecule has 2 aromatic rings. The van der Waals surface area contributed by atoms with Crippen LogP contribution < -0.4 is 5.32 Å². The number of carbonyl (C=O) groups is 1. The van der Waals surface area contributed by atoms with Crippen LogP contribution in [0.5, 0.6) is 0 Å². The standard InChI is InChI=1S/C14H14N4O2/c19-6-2-1-3-12-10-15-5-4-13(12)14(20)16-7-11-8-17-18-9-11/h4-5,8-10,19H,2,6-7H2,(H,16,20)(H,17,18). The van der Waals surface area contributed by atoms with Crippen LogP contribution in [-0.2, 0) is 6.54 Å².